The van der Waals surface area contributed by atoms with Gasteiger partial charge < -0.3 is 21.9 Å². The Morgan fingerprint density at radius 3 is 1.38 bits per heavy atom. The topological polar surface area (TPSA) is 18.5 Å². The Bertz CT molecular complexity index is 33.2. The fraction of sp³-hybridized carbons (Fsp3) is 1.00. The fourth-order valence-corrected chi connectivity index (χ4v) is 0.0962. The van der Waals surface area contributed by atoms with Gasteiger partial charge in [0.05, 0.1) is 0 Å². The summed E-state index contributed by atoms with van der Waals surface area (Å²) in [7, 11) is 3.21. The molecule has 0 fully saturated rings. The molecular formula is C4H10ClO2Zn+. The van der Waals surface area contributed by atoms with Gasteiger partial charge in [0, 0.05) is 14.2 Å². The van der Waals surface area contributed by atoms with Crippen molar-refractivity contribution in [3.63, 3.8) is 0 Å². The van der Waals surface area contributed by atoms with Crippen LogP contribution in [0.25, 0.3) is 0 Å². The first-order chi connectivity index (χ1) is 2.81. The summed E-state index contributed by atoms with van der Waals surface area (Å²) >= 11 is 0. The second-order valence-electron chi connectivity index (χ2n) is 1.04. The third-order valence-electron chi connectivity index (χ3n) is 0.664. The Balaban J connectivity index is -0.000000125. The number of ether oxygens (including phenoxy) is 2. The summed E-state index contributed by atoms with van der Waals surface area (Å²) in [6.45, 7) is 1.83. The van der Waals surface area contributed by atoms with Crippen molar-refractivity contribution in [1.82, 2.24) is 0 Å². The molecule has 2 nitrogen and oxygen atoms in total. The molecule has 0 spiro atoms. The van der Waals surface area contributed by atoms with Crippen molar-refractivity contribution < 1.29 is 41.4 Å². The first-order valence-electron chi connectivity index (χ1n) is 1.87. The van der Waals surface area contributed by atoms with Gasteiger partial charge in [0.1, 0.15) is 0 Å². The van der Waals surface area contributed by atoms with Crippen molar-refractivity contribution in [3.8, 4) is 0 Å². The van der Waals surface area contributed by atoms with Gasteiger partial charge in [0.2, 0.25) is 0 Å². The Kier molecular flexibility index (Phi) is 21.4. The van der Waals surface area contributed by atoms with E-state index in [1.807, 2.05) is 6.92 Å². The second-order valence-corrected chi connectivity index (χ2v) is 1.04. The van der Waals surface area contributed by atoms with E-state index in [2.05, 4.69) is 9.47 Å². The van der Waals surface area contributed by atoms with Crippen molar-refractivity contribution in [3.05, 3.63) is 0 Å². The molecule has 0 atom stereocenters. The Morgan fingerprint density at radius 1 is 1.12 bits per heavy atom. The van der Waals surface area contributed by atoms with Crippen LogP contribution >= 0.6 is 0 Å². The number of hydrogen-bond acceptors (Lipinski definition) is 2. The largest absolute Gasteiger partial charge is 2.00 e. The van der Waals surface area contributed by atoms with Crippen LogP contribution in [0.15, 0.2) is 0 Å². The zero-order chi connectivity index (χ0) is 4.99. The van der Waals surface area contributed by atoms with Crippen LogP contribution in [0.4, 0.5) is 0 Å². The molecule has 0 aromatic heterocycles. The van der Waals surface area contributed by atoms with Crippen LogP contribution < -0.4 is 12.4 Å². The van der Waals surface area contributed by atoms with E-state index in [4.69, 9.17) is 0 Å². The van der Waals surface area contributed by atoms with Crippen LogP contribution in [0, 0.1) is 0 Å². The van der Waals surface area contributed by atoms with Gasteiger partial charge in [-0.1, -0.05) is 0 Å². The van der Waals surface area contributed by atoms with E-state index >= 15 is 0 Å². The van der Waals surface area contributed by atoms with Crippen LogP contribution in [-0.2, 0) is 29.0 Å². The molecule has 0 bridgehead atoms. The third-order valence-corrected chi connectivity index (χ3v) is 0.664. The Labute approximate surface area is 69.1 Å². The zero-order valence-electron chi connectivity index (χ0n) is 5.48. The number of methoxy groups -OCH3 is 2. The maximum atomic E-state index is 4.68. The summed E-state index contributed by atoms with van der Waals surface area (Å²) < 4.78 is 9.35. The molecule has 0 aromatic carbocycles. The second kappa shape index (κ2) is 10.7. The van der Waals surface area contributed by atoms with Crippen LogP contribution in [-0.4, -0.2) is 20.5 Å². The van der Waals surface area contributed by atoms with Crippen molar-refractivity contribution >= 4 is 0 Å². The quantitative estimate of drug-likeness (QED) is 0.358. The molecule has 0 heterocycles. The van der Waals surface area contributed by atoms with E-state index in [0.29, 0.717) is 0 Å². The van der Waals surface area contributed by atoms with E-state index in [0.717, 1.165) is 0 Å². The normalized spacial score (nSPS) is 7.50. The molecule has 0 unspecified atom stereocenters. The Hall–Kier alpha value is 0.833. The monoisotopic (exact) mass is 189 g/mol. The van der Waals surface area contributed by atoms with E-state index in [1.165, 1.54) is 0 Å². The summed E-state index contributed by atoms with van der Waals surface area (Å²) in [6.07, 6.45) is -0.0648. The van der Waals surface area contributed by atoms with Gasteiger partial charge in [0.25, 0.3) is 0 Å². The summed E-state index contributed by atoms with van der Waals surface area (Å²) in [5.41, 5.74) is 0. The number of hydrogen-bond donors (Lipinski definition) is 0. The fourth-order valence-electron chi connectivity index (χ4n) is 0.0962. The van der Waals surface area contributed by atoms with Crippen LogP contribution in [0.1, 0.15) is 6.92 Å². The summed E-state index contributed by atoms with van der Waals surface area (Å²) in [5, 5.41) is 0. The maximum absolute atomic E-state index is 4.68. The predicted molar refractivity (Wildman–Crippen MR) is 23.5 cm³/mol. The number of halogens is 1. The standard InChI is InChI=1S/C4H10O2.ClH.Zn/c1-4(5-2)6-3;;/h4H,1-3H3;1H;/q;;+2/p-1. The molecule has 0 saturated carbocycles. The SMILES string of the molecule is COC(C)OC.[Cl-].[Zn+2]. The predicted octanol–water partition coefficient (Wildman–Crippen LogP) is -2.37. The molecule has 0 saturated heterocycles. The van der Waals surface area contributed by atoms with Gasteiger partial charge in [-0.05, 0) is 6.92 Å². The summed E-state index contributed by atoms with van der Waals surface area (Å²) in [4.78, 5) is 0. The number of rotatable bonds is 2. The van der Waals surface area contributed by atoms with Crippen molar-refractivity contribution in [2.75, 3.05) is 14.2 Å². The molecule has 0 rings (SSSR count). The first kappa shape index (κ1) is 15.9. The van der Waals surface area contributed by atoms with Crippen molar-refractivity contribution in [1.29, 1.82) is 0 Å². The van der Waals surface area contributed by atoms with E-state index < -0.39 is 0 Å². The van der Waals surface area contributed by atoms with Crippen LogP contribution in [0.2, 0.25) is 0 Å². The Morgan fingerprint density at radius 2 is 1.38 bits per heavy atom. The van der Waals surface area contributed by atoms with Gasteiger partial charge >= 0.3 is 19.5 Å². The molecule has 0 amide bonds. The summed E-state index contributed by atoms with van der Waals surface area (Å²) in [5.74, 6) is 0. The molecule has 0 aliphatic carbocycles. The van der Waals surface area contributed by atoms with E-state index in [9.17, 15) is 0 Å². The minimum Gasteiger partial charge on any atom is -1.00 e. The van der Waals surface area contributed by atoms with Crippen molar-refractivity contribution in [2.45, 2.75) is 13.2 Å². The van der Waals surface area contributed by atoms with Gasteiger partial charge in [-0.25, -0.2) is 0 Å². The molecule has 0 N–H and O–H groups in total. The molecule has 4 heteroatoms. The minimum atomic E-state index is -0.0648. The average molecular weight is 191 g/mol. The molecule has 0 aromatic rings. The van der Waals surface area contributed by atoms with Gasteiger partial charge in [-0.15, -0.1) is 0 Å². The molecule has 46 valence electrons. The molecular weight excluding hydrogens is 181 g/mol. The van der Waals surface area contributed by atoms with Gasteiger partial charge in [-0.2, -0.15) is 0 Å². The molecule has 0 radical (unpaired) electrons. The average Bonchev–Trinajstić information content (AvgIpc) is 1.65. The van der Waals surface area contributed by atoms with Crippen molar-refractivity contribution in [2.24, 2.45) is 0 Å². The smallest absolute Gasteiger partial charge is 1.00 e. The van der Waals surface area contributed by atoms with Crippen LogP contribution in [0.3, 0.4) is 0 Å². The third kappa shape index (κ3) is 9.95. The van der Waals surface area contributed by atoms with E-state index in [-0.39, 0.29) is 38.2 Å². The maximum Gasteiger partial charge on any atom is 2.00 e. The molecule has 0 aliphatic rings. The summed E-state index contributed by atoms with van der Waals surface area (Å²) in [6, 6.07) is 0. The van der Waals surface area contributed by atoms with Crippen LogP contribution in [0.5, 0.6) is 0 Å². The van der Waals surface area contributed by atoms with Gasteiger partial charge in [-0.3, -0.25) is 0 Å². The first-order valence-corrected chi connectivity index (χ1v) is 1.87. The molecule has 0 aliphatic heterocycles. The molecule has 8 heavy (non-hydrogen) atoms. The van der Waals surface area contributed by atoms with E-state index in [1.54, 1.807) is 14.2 Å². The van der Waals surface area contributed by atoms with Gasteiger partial charge in [0.15, 0.2) is 6.29 Å². The minimum absolute atomic E-state index is 0. The zero-order valence-corrected chi connectivity index (χ0v) is 9.20.